The normalized spacial score (nSPS) is 22.6. The molecular formula is C7H5N3. The maximum absolute atomic E-state index is 8.43. The Hall–Kier alpha value is -1.61. The van der Waals surface area contributed by atoms with Crippen LogP contribution >= 0.6 is 0 Å². The molecular weight excluding hydrogens is 126 g/mol. The molecule has 3 heteroatoms. The molecule has 0 fully saturated rings. The Morgan fingerprint density at radius 2 is 2.40 bits per heavy atom. The summed E-state index contributed by atoms with van der Waals surface area (Å²) in [6.45, 7) is 0.488. The van der Waals surface area contributed by atoms with Crippen LogP contribution in [0.5, 0.6) is 0 Å². The van der Waals surface area contributed by atoms with E-state index in [1.54, 1.807) is 6.08 Å². The Kier molecular flexibility index (Phi) is 1.82. The highest BCUT2D eigenvalue weighted by Gasteiger charge is 2.07. The topological polar surface area (TPSA) is 59.9 Å². The van der Waals surface area contributed by atoms with E-state index < -0.39 is 0 Å². The summed E-state index contributed by atoms with van der Waals surface area (Å²) in [6.07, 6.45) is 3.13. The highest BCUT2D eigenvalue weighted by molar-refractivity contribution is 5.84. The van der Waals surface area contributed by atoms with E-state index in [2.05, 4.69) is 4.99 Å². The van der Waals surface area contributed by atoms with Gasteiger partial charge in [0.05, 0.1) is 24.1 Å². The lowest BCUT2D eigenvalue weighted by Crippen LogP contribution is -2.04. The third-order valence-electron chi connectivity index (χ3n) is 1.21. The molecule has 0 radical (unpaired) electrons. The number of allylic oxidation sites excluding steroid dienone is 1. The highest BCUT2D eigenvalue weighted by Crippen LogP contribution is 2.06. The molecule has 3 nitrogen and oxygen atoms in total. The van der Waals surface area contributed by atoms with E-state index in [1.165, 1.54) is 6.21 Å². The van der Waals surface area contributed by atoms with Gasteiger partial charge in [0.15, 0.2) is 0 Å². The number of rotatable bonds is 0. The molecule has 48 valence electrons. The molecule has 1 rings (SSSR count). The monoisotopic (exact) mass is 131 g/mol. The van der Waals surface area contributed by atoms with Crippen molar-refractivity contribution in [1.29, 1.82) is 10.5 Å². The lowest BCUT2D eigenvalue weighted by molar-refractivity contribution is 0.826. The number of dihydropyridines is 1. The van der Waals surface area contributed by atoms with Crippen LogP contribution in [0, 0.1) is 28.6 Å². The summed E-state index contributed by atoms with van der Waals surface area (Å²) in [4.78, 5) is 3.84. The highest BCUT2D eigenvalue weighted by atomic mass is 14.7. The van der Waals surface area contributed by atoms with Gasteiger partial charge < -0.3 is 0 Å². The van der Waals surface area contributed by atoms with Crippen molar-refractivity contribution in [2.24, 2.45) is 10.9 Å². The first kappa shape index (κ1) is 6.51. The molecule has 0 bridgehead atoms. The van der Waals surface area contributed by atoms with Crippen molar-refractivity contribution in [2.45, 2.75) is 0 Å². The second kappa shape index (κ2) is 2.80. The van der Waals surface area contributed by atoms with Crippen LogP contribution in [0.15, 0.2) is 16.6 Å². The molecule has 1 aliphatic heterocycles. The molecule has 1 aliphatic rings. The largest absolute Gasteiger partial charge is 0.290 e. The van der Waals surface area contributed by atoms with E-state index in [-0.39, 0.29) is 5.92 Å². The van der Waals surface area contributed by atoms with Crippen LogP contribution < -0.4 is 0 Å². The van der Waals surface area contributed by atoms with Crippen molar-refractivity contribution in [1.82, 2.24) is 0 Å². The molecule has 0 spiro atoms. The maximum Gasteiger partial charge on any atom is 0.100 e. The Bertz CT molecular complexity index is 262. The van der Waals surface area contributed by atoms with E-state index in [0.29, 0.717) is 12.1 Å². The summed E-state index contributed by atoms with van der Waals surface area (Å²) in [5.41, 5.74) is 0.484. The van der Waals surface area contributed by atoms with Crippen molar-refractivity contribution in [3.63, 3.8) is 0 Å². The molecule has 0 aromatic heterocycles. The van der Waals surface area contributed by atoms with Crippen LogP contribution in [-0.2, 0) is 0 Å². The second-order valence-electron chi connectivity index (χ2n) is 1.96. The van der Waals surface area contributed by atoms with Gasteiger partial charge >= 0.3 is 0 Å². The first-order chi connectivity index (χ1) is 4.86. The predicted molar refractivity (Wildman–Crippen MR) is 36.2 cm³/mol. The van der Waals surface area contributed by atoms with Gasteiger partial charge in [0.25, 0.3) is 0 Å². The first-order valence-corrected chi connectivity index (χ1v) is 2.88. The summed E-state index contributed by atoms with van der Waals surface area (Å²) in [5, 5.41) is 16.8. The summed E-state index contributed by atoms with van der Waals surface area (Å²) < 4.78 is 0. The Morgan fingerprint density at radius 1 is 1.60 bits per heavy atom. The minimum atomic E-state index is -0.209. The van der Waals surface area contributed by atoms with E-state index in [0.717, 1.165) is 0 Å². The minimum Gasteiger partial charge on any atom is -0.290 e. The minimum absolute atomic E-state index is 0.209. The van der Waals surface area contributed by atoms with Gasteiger partial charge in [0.1, 0.15) is 6.07 Å². The maximum atomic E-state index is 8.43. The molecule has 0 amide bonds. The molecule has 0 aromatic rings. The van der Waals surface area contributed by atoms with Crippen molar-refractivity contribution in [3.05, 3.63) is 11.6 Å². The van der Waals surface area contributed by atoms with Crippen LogP contribution in [0.3, 0.4) is 0 Å². The van der Waals surface area contributed by atoms with E-state index in [4.69, 9.17) is 10.5 Å². The van der Waals surface area contributed by atoms with Gasteiger partial charge in [0, 0.05) is 6.21 Å². The van der Waals surface area contributed by atoms with Crippen LogP contribution in [0.1, 0.15) is 0 Å². The number of hydrogen-bond acceptors (Lipinski definition) is 3. The van der Waals surface area contributed by atoms with E-state index in [9.17, 15) is 0 Å². The summed E-state index contributed by atoms with van der Waals surface area (Å²) in [6, 6.07) is 3.96. The third kappa shape index (κ3) is 1.21. The Labute approximate surface area is 58.9 Å². The SMILES string of the molecule is N#CC1=CC(C#N)CN=C1. The van der Waals surface area contributed by atoms with Crippen molar-refractivity contribution < 1.29 is 0 Å². The van der Waals surface area contributed by atoms with Crippen LogP contribution in [-0.4, -0.2) is 12.8 Å². The number of nitriles is 2. The van der Waals surface area contributed by atoms with Gasteiger partial charge in [-0.1, -0.05) is 0 Å². The molecule has 1 atom stereocenters. The molecule has 0 saturated carbocycles. The fourth-order valence-electron chi connectivity index (χ4n) is 0.721. The van der Waals surface area contributed by atoms with Crippen molar-refractivity contribution in [3.8, 4) is 12.1 Å². The van der Waals surface area contributed by atoms with Crippen molar-refractivity contribution in [2.75, 3.05) is 6.54 Å². The van der Waals surface area contributed by atoms with Gasteiger partial charge in [-0.15, -0.1) is 0 Å². The number of hydrogen-bond donors (Lipinski definition) is 0. The van der Waals surface area contributed by atoms with Gasteiger partial charge in [-0.05, 0) is 6.08 Å². The van der Waals surface area contributed by atoms with E-state index >= 15 is 0 Å². The number of nitrogens with zero attached hydrogens (tertiary/aromatic N) is 3. The zero-order chi connectivity index (χ0) is 7.40. The lowest BCUT2D eigenvalue weighted by atomic mass is 10.1. The fourth-order valence-corrected chi connectivity index (χ4v) is 0.721. The predicted octanol–water partition coefficient (Wildman–Crippen LogP) is 0.661. The smallest absolute Gasteiger partial charge is 0.100 e. The quantitative estimate of drug-likeness (QED) is 0.484. The average Bonchev–Trinajstić information content (AvgIpc) is 2.05. The molecule has 0 N–H and O–H groups in total. The molecule has 1 unspecified atom stereocenters. The standard InChI is InChI=1S/C7H5N3/c8-2-6-1-7(3-9)5-10-4-6/h1,4,7H,5H2. The van der Waals surface area contributed by atoms with Gasteiger partial charge in [-0.2, -0.15) is 10.5 Å². The van der Waals surface area contributed by atoms with Crippen LogP contribution in [0.2, 0.25) is 0 Å². The molecule has 0 aliphatic carbocycles. The lowest BCUT2D eigenvalue weighted by Gasteiger charge is -2.02. The molecule has 0 aromatic carbocycles. The van der Waals surface area contributed by atoms with Gasteiger partial charge in [-0.3, -0.25) is 4.99 Å². The summed E-state index contributed by atoms with van der Waals surface area (Å²) >= 11 is 0. The molecule has 1 heterocycles. The van der Waals surface area contributed by atoms with Crippen molar-refractivity contribution >= 4 is 6.21 Å². The van der Waals surface area contributed by atoms with Gasteiger partial charge in [0.2, 0.25) is 0 Å². The van der Waals surface area contributed by atoms with Gasteiger partial charge in [-0.25, -0.2) is 0 Å². The van der Waals surface area contributed by atoms with Crippen LogP contribution in [0.25, 0.3) is 0 Å². The summed E-state index contributed by atoms with van der Waals surface area (Å²) in [5.74, 6) is -0.209. The Balaban J connectivity index is 2.79. The summed E-state index contributed by atoms with van der Waals surface area (Å²) in [7, 11) is 0. The molecule has 0 saturated heterocycles. The number of aliphatic imine (C=N–C) groups is 1. The first-order valence-electron chi connectivity index (χ1n) is 2.88. The zero-order valence-corrected chi connectivity index (χ0v) is 5.28. The third-order valence-corrected chi connectivity index (χ3v) is 1.21. The van der Waals surface area contributed by atoms with Crippen LogP contribution in [0.4, 0.5) is 0 Å². The zero-order valence-electron chi connectivity index (χ0n) is 5.28. The second-order valence-corrected chi connectivity index (χ2v) is 1.96. The fraction of sp³-hybridized carbons (Fsp3) is 0.286. The Morgan fingerprint density at radius 3 is 3.00 bits per heavy atom. The van der Waals surface area contributed by atoms with E-state index in [1.807, 2.05) is 12.1 Å². The molecule has 10 heavy (non-hydrogen) atoms. The average molecular weight is 131 g/mol.